The molecule has 22 heavy (non-hydrogen) atoms. The van der Waals surface area contributed by atoms with E-state index in [1.54, 1.807) is 11.9 Å². The van der Waals surface area contributed by atoms with E-state index in [0.29, 0.717) is 13.1 Å². The number of amides is 2. The molecule has 1 aromatic rings. The Morgan fingerprint density at radius 1 is 1.41 bits per heavy atom. The summed E-state index contributed by atoms with van der Waals surface area (Å²) in [5.41, 5.74) is 0. The standard InChI is InChI=1S/C15H22ClN3O2S/c1-17-15(21)11-5-7-19(8-6-11)10-14(20)18(2)9-12-3-4-13(16)22-12/h3-4,11H,5-10H2,1-2H3,(H,17,21). The number of thiophene rings is 1. The minimum atomic E-state index is 0.0855. The van der Waals surface area contributed by atoms with Crippen molar-refractivity contribution in [2.75, 3.05) is 33.7 Å². The van der Waals surface area contributed by atoms with Crippen molar-refractivity contribution in [2.45, 2.75) is 19.4 Å². The Labute approximate surface area is 140 Å². The van der Waals surface area contributed by atoms with E-state index in [-0.39, 0.29) is 17.7 Å². The van der Waals surface area contributed by atoms with Crippen LogP contribution >= 0.6 is 22.9 Å². The van der Waals surface area contributed by atoms with E-state index < -0.39 is 0 Å². The van der Waals surface area contributed by atoms with Gasteiger partial charge in [0.05, 0.1) is 17.4 Å². The van der Waals surface area contributed by atoms with E-state index in [1.165, 1.54) is 11.3 Å². The number of hydrogen-bond donors (Lipinski definition) is 1. The smallest absolute Gasteiger partial charge is 0.236 e. The van der Waals surface area contributed by atoms with Gasteiger partial charge in [0.1, 0.15) is 0 Å². The summed E-state index contributed by atoms with van der Waals surface area (Å²) in [6.07, 6.45) is 1.63. The summed E-state index contributed by atoms with van der Waals surface area (Å²) in [4.78, 5) is 28.8. The van der Waals surface area contributed by atoms with Gasteiger partial charge in [-0.2, -0.15) is 0 Å². The van der Waals surface area contributed by atoms with E-state index in [9.17, 15) is 9.59 Å². The highest BCUT2D eigenvalue weighted by atomic mass is 35.5. The maximum Gasteiger partial charge on any atom is 0.236 e. The van der Waals surface area contributed by atoms with Gasteiger partial charge in [-0.05, 0) is 38.1 Å². The fourth-order valence-corrected chi connectivity index (χ4v) is 3.77. The number of nitrogens with one attached hydrogen (secondary N) is 1. The van der Waals surface area contributed by atoms with Crippen LogP contribution in [0.25, 0.3) is 0 Å². The lowest BCUT2D eigenvalue weighted by Gasteiger charge is -2.31. The van der Waals surface area contributed by atoms with E-state index in [1.807, 2.05) is 19.2 Å². The zero-order chi connectivity index (χ0) is 16.1. The fourth-order valence-electron chi connectivity index (χ4n) is 2.63. The van der Waals surface area contributed by atoms with Crippen molar-refractivity contribution in [1.82, 2.24) is 15.1 Å². The molecule has 2 rings (SSSR count). The Hall–Kier alpha value is -1.11. The molecule has 5 nitrogen and oxygen atoms in total. The first kappa shape index (κ1) is 17.2. The highest BCUT2D eigenvalue weighted by Crippen LogP contribution is 2.22. The summed E-state index contributed by atoms with van der Waals surface area (Å²) < 4.78 is 0.743. The molecule has 0 atom stereocenters. The molecule has 0 saturated carbocycles. The lowest BCUT2D eigenvalue weighted by molar-refractivity contribution is -0.132. The van der Waals surface area contributed by atoms with Crippen LogP contribution in [0.4, 0.5) is 0 Å². The van der Waals surface area contributed by atoms with Gasteiger partial charge in [0.2, 0.25) is 11.8 Å². The Morgan fingerprint density at radius 3 is 2.64 bits per heavy atom. The van der Waals surface area contributed by atoms with Gasteiger partial charge in [0, 0.05) is 24.9 Å². The van der Waals surface area contributed by atoms with E-state index >= 15 is 0 Å². The van der Waals surface area contributed by atoms with Gasteiger partial charge in [-0.1, -0.05) is 11.6 Å². The van der Waals surface area contributed by atoms with Crippen molar-refractivity contribution in [3.8, 4) is 0 Å². The molecule has 0 aliphatic carbocycles. The summed E-state index contributed by atoms with van der Waals surface area (Å²) in [6, 6.07) is 3.80. The van der Waals surface area contributed by atoms with Crippen molar-refractivity contribution < 1.29 is 9.59 Å². The lowest BCUT2D eigenvalue weighted by atomic mass is 9.96. The molecule has 1 fully saturated rings. The Balaban J connectivity index is 1.76. The van der Waals surface area contributed by atoms with Crippen molar-refractivity contribution in [3.63, 3.8) is 0 Å². The topological polar surface area (TPSA) is 52.7 Å². The normalized spacial score (nSPS) is 16.5. The number of carbonyl (C=O) groups excluding carboxylic acids is 2. The van der Waals surface area contributed by atoms with Crippen molar-refractivity contribution >= 4 is 34.8 Å². The summed E-state index contributed by atoms with van der Waals surface area (Å²) in [6.45, 7) is 2.59. The maximum absolute atomic E-state index is 12.3. The first-order valence-corrected chi connectivity index (χ1v) is 8.61. The second-order valence-electron chi connectivity index (χ2n) is 5.62. The summed E-state index contributed by atoms with van der Waals surface area (Å²) in [5.74, 6) is 0.294. The van der Waals surface area contributed by atoms with E-state index in [0.717, 1.165) is 35.1 Å². The minimum absolute atomic E-state index is 0.0855. The molecule has 1 N–H and O–H groups in total. The number of piperidine rings is 1. The fraction of sp³-hybridized carbons (Fsp3) is 0.600. The predicted molar refractivity (Wildman–Crippen MR) is 89.0 cm³/mol. The molecule has 1 aliphatic heterocycles. The number of likely N-dealkylation sites (N-methyl/N-ethyl adjacent to an activating group) is 1. The second-order valence-corrected chi connectivity index (χ2v) is 7.42. The average Bonchev–Trinajstić information content (AvgIpc) is 2.92. The van der Waals surface area contributed by atoms with Crippen LogP contribution in [0.3, 0.4) is 0 Å². The molecule has 0 spiro atoms. The molecule has 122 valence electrons. The largest absolute Gasteiger partial charge is 0.359 e. The second kappa shape index (κ2) is 7.94. The number of nitrogens with zero attached hydrogens (tertiary/aromatic N) is 2. The predicted octanol–water partition coefficient (Wildman–Crippen LogP) is 1.82. The number of hydrogen-bond acceptors (Lipinski definition) is 4. The average molecular weight is 344 g/mol. The monoisotopic (exact) mass is 343 g/mol. The molecule has 7 heteroatoms. The zero-order valence-electron chi connectivity index (χ0n) is 13.0. The summed E-state index contributed by atoms with van der Waals surface area (Å²) in [5, 5.41) is 2.70. The number of carbonyl (C=O) groups is 2. The van der Waals surface area contributed by atoms with Crippen LogP contribution < -0.4 is 5.32 Å². The SMILES string of the molecule is CNC(=O)C1CCN(CC(=O)N(C)Cc2ccc(Cl)s2)CC1. The lowest BCUT2D eigenvalue weighted by Crippen LogP contribution is -2.44. The van der Waals surface area contributed by atoms with E-state index in [4.69, 9.17) is 11.6 Å². The molecule has 1 aromatic heterocycles. The van der Waals surface area contributed by atoms with Gasteiger partial charge >= 0.3 is 0 Å². The van der Waals surface area contributed by atoms with Gasteiger partial charge < -0.3 is 10.2 Å². The molecule has 0 bridgehead atoms. The van der Waals surface area contributed by atoms with Gasteiger partial charge in [-0.15, -0.1) is 11.3 Å². The molecule has 1 aliphatic rings. The molecule has 1 saturated heterocycles. The van der Waals surface area contributed by atoms with Gasteiger partial charge in [-0.3, -0.25) is 14.5 Å². The molecule has 2 heterocycles. The van der Waals surface area contributed by atoms with Crippen LogP contribution in [0.15, 0.2) is 12.1 Å². The molecule has 0 aromatic carbocycles. The Kier molecular flexibility index (Phi) is 6.23. The van der Waals surface area contributed by atoms with Crippen LogP contribution in [0.5, 0.6) is 0 Å². The van der Waals surface area contributed by atoms with Crippen LogP contribution in [-0.2, 0) is 16.1 Å². The summed E-state index contributed by atoms with van der Waals surface area (Å²) in [7, 11) is 3.48. The van der Waals surface area contributed by atoms with Crippen LogP contribution in [-0.4, -0.2) is 55.3 Å². The first-order valence-electron chi connectivity index (χ1n) is 7.41. The maximum atomic E-state index is 12.3. The number of likely N-dealkylation sites (tertiary alicyclic amines) is 1. The Bertz CT molecular complexity index is 527. The summed E-state index contributed by atoms with van der Waals surface area (Å²) >= 11 is 7.40. The highest BCUT2D eigenvalue weighted by Gasteiger charge is 2.25. The highest BCUT2D eigenvalue weighted by molar-refractivity contribution is 7.16. The first-order chi connectivity index (χ1) is 10.5. The van der Waals surface area contributed by atoms with Gasteiger partial charge in [-0.25, -0.2) is 0 Å². The van der Waals surface area contributed by atoms with Crippen LogP contribution in [0.2, 0.25) is 4.34 Å². The molecule has 2 amide bonds. The molecule has 0 radical (unpaired) electrons. The van der Waals surface area contributed by atoms with Crippen molar-refractivity contribution in [2.24, 2.45) is 5.92 Å². The van der Waals surface area contributed by atoms with Crippen molar-refractivity contribution in [3.05, 3.63) is 21.3 Å². The van der Waals surface area contributed by atoms with Crippen LogP contribution in [0.1, 0.15) is 17.7 Å². The zero-order valence-corrected chi connectivity index (χ0v) is 14.5. The van der Waals surface area contributed by atoms with Gasteiger partial charge in [0.25, 0.3) is 0 Å². The molecular formula is C15H22ClN3O2S. The van der Waals surface area contributed by atoms with E-state index in [2.05, 4.69) is 10.2 Å². The quantitative estimate of drug-likeness (QED) is 0.887. The number of rotatable bonds is 5. The minimum Gasteiger partial charge on any atom is -0.359 e. The van der Waals surface area contributed by atoms with Crippen molar-refractivity contribution in [1.29, 1.82) is 0 Å². The molecule has 0 unspecified atom stereocenters. The van der Waals surface area contributed by atoms with Gasteiger partial charge in [0.15, 0.2) is 0 Å². The third-order valence-electron chi connectivity index (χ3n) is 4.01. The molecular weight excluding hydrogens is 322 g/mol. The number of halogens is 1. The van der Waals surface area contributed by atoms with Crippen LogP contribution in [0, 0.1) is 5.92 Å². The Morgan fingerprint density at radius 2 is 2.09 bits per heavy atom. The third-order valence-corrected chi connectivity index (χ3v) is 5.23. The third kappa shape index (κ3) is 4.69.